The van der Waals surface area contributed by atoms with Crippen LogP contribution in [-0.2, 0) is 6.42 Å². The van der Waals surface area contributed by atoms with Crippen LogP contribution < -0.4 is 0 Å². The lowest BCUT2D eigenvalue weighted by atomic mass is 9.69. The Hall–Kier alpha value is -3.07. The van der Waals surface area contributed by atoms with E-state index in [0.717, 1.165) is 24.7 Å². The lowest BCUT2D eigenvalue weighted by molar-refractivity contribution is 0.156. The van der Waals surface area contributed by atoms with Gasteiger partial charge in [-0.1, -0.05) is 80.3 Å². The van der Waals surface area contributed by atoms with Gasteiger partial charge in [-0.05, 0) is 123 Å². The molecule has 0 saturated heterocycles. The van der Waals surface area contributed by atoms with E-state index in [0.29, 0.717) is 46.9 Å². The van der Waals surface area contributed by atoms with Crippen LogP contribution in [0.15, 0.2) is 91.8 Å². The molecule has 0 nitrogen and oxygen atoms in total. The van der Waals surface area contributed by atoms with Crippen LogP contribution >= 0.6 is 0 Å². The molecular weight excluding hydrogens is 525 g/mol. The molecule has 2 aliphatic carbocycles. The summed E-state index contributed by atoms with van der Waals surface area (Å²) < 4.78 is 45.2. The van der Waals surface area contributed by atoms with Gasteiger partial charge < -0.3 is 0 Å². The van der Waals surface area contributed by atoms with Crippen molar-refractivity contribution in [1.29, 1.82) is 0 Å². The fourth-order valence-corrected chi connectivity index (χ4v) is 6.92. The molecule has 2 fully saturated rings. The molecule has 2 aromatic rings. The standard InChI is InChI=1S/C39H47F3/c1-4-7-8-9-11-34-25-26-36(39(42)38(34)41)33-23-21-32(22-24-33)35(10-5-2)37(40)27-16-29-14-19-31(20-15-29)30-17-12-28(6-3)13-18-30/h5-8,10,21-31H,2-4,9,11-20H2,1H3/b8-7+,35-10-,37-27+. The molecule has 0 amide bonds. The second-order valence-corrected chi connectivity index (χ2v) is 12.2. The van der Waals surface area contributed by atoms with E-state index >= 15 is 4.39 Å². The summed E-state index contributed by atoms with van der Waals surface area (Å²) in [5, 5.41) is 0. The van der Waals surface area contributed by atoms with Crippen molar-refractivity contribution in [3.05, 3.63) is 115 Å². The van der Waals surface area contributed by atoms with Crippen LogP contribution in [0.2, 0.25) is 0 Å². The summed E-state index contributed by atoms with van der Waals surface area (Å²) in [5.74, 6) is 1.02. The fourth-order valence-electron chi connectivity index (χ4n) is 6.92. The van der Waals surface area contributed by atoms with E-state index in [1.165, 1.54) is 51.4 Å². The molecule has 2 aromatic carbocycles. The van der Waals surface area contributed by atoms with Gasteiger partial charge in [-0.15, -0.1) is 6.58 Å². The van der Waals surface area contributed by atoms with E-state index in [1.807, 2.05) is 19.1 Å². The molecule has 0 unspecified atom stereocenters. The zero-order valence-corrected chi connectivity index (χ0v) is 25.3. The lowest BCUT2D eigenvalue weighted by Crippen LogP contribution is -2.25. The Morgan fingerprint density at radius 2 is 1.50 bits per heavy atom. The second-order valence-electron chi connectivity index (χ2n) is 12.2. The van der Waals surface area contributed by atoms with Crippen LogP contribution in [-0.4, -0.2) is 0 Å². The third kappa shape index (κ3) is 8.27. The summed E-state index contributed by atoms with van der Waals surface area (Å²) in [7, 11) is 0. The number of halogens is 3. The number of allylic oxidation sites excluding steroid dienone is 8. The third-order valence-corrected chi connectivity index (χ3v) is 9.53. The van der Waals surface area contributed by atoms with Crippen LogP contribution in [0.5, 0.6) is 0 Å². The molecule has 0 heterocycles. The van der Waals surface area contributed by atoms with Crippen molar-refractivity contribution in [2.45, 2.75) is 84.0 Å². The maximum atomic E-state index is 15.5. The summed E-state index contributed by atoms with van der Waals surface area (Å²) in [5.41, 5.74) is 2.30. The number of aryl methyl sites for hydroxylation is 1. The van der Waals surface area contributed by atoms with E-state index in [-0.39, 0.29) is 11.4 Å². The van der Waals surface area contributed by atoms with E-state index in [4.69, 9.17) is 0 Å². The molecule has 0 N–H and O–H groups in total. The molecule has 2 saturated carbocycles. The first-order valence-electron chi connectivity index (χ1n) is 16.0. The van der Waals surface area contributed by atoms with Crippen LogP contribution in [0.4, 0.5) is 13.2 Å². The molecule has 3 heteroatoms. The van der Waals surface area contributed by atoms with Crippen molar-refractivity contribution in [3.63, 3.8) is 0 Å². The highest BCUT2D eigenvalue weighted by Gasteiger charge is 2.30. The van der Waals surface area contributed by atoms with Crippen LogP contribution in [0.25, 0.3) is 16.7 Å². The summed E-state index contributed by atoms with van der Waals surface area (Å²) >= 11 is 0. The van der Waals surface area contributed by atoms with Gasteiger partial charge in [-0.3, -0.25) is 0 Å². The minimum Gasteiger partial charge on any atom is -0.207 e. The van der Waals surface area contributed by atoms with E-state index in [1.54, 1.807) is 54.6 Å². The lowest BCUT2D eigenvalue weighted by Gasteiger charge is -2.37. The van der Waals surface area contributed by atoms with Crippen molar-refractivity contribution < 1.29 is 13.2 Å². The summed E-state index contributed by atoms with van der Waals surface area (Å²) in [6, 6.07) is 10.3. The Kier molecular flexibility index (Phi) is 12.1. The third-order valence-electron chi connectivity index (χ3n) is 9.53. The van der Waals surface area contributed by atoms with Crippen LogP contribution in [0.3, 0.4) is 0 Å². The smallest absolute Gasteiger partial charge is 0.166 e. The Bertz CT molecular complexity index is 1260. The van der Waals surface area contributed by atoms with Gasteiger partial charge in [0.1, 0.15) is 5.83 Å². The van der Waals surface area contributed by atoms with Gasteiger partial charge in [-0.25, -0.2) is 13.2 Å². The Morgan fingerprint density at radius 3 is 2.12 bits per heavy atom. The molecule has 0 aliphatic heterocycles. The summed E-state index contributed by atoms with van der Waals surface area (Å²) in [6.07, 6.45) is 24.0. The van der Waals surface area contributed by atoms with Crippen molar-refractivity contribution in [2.75, 3.05) is 0 Å². The average molecular weight is 573 g/mol. The average Bonchev–Trinajstić information content (AvgIpc) is 3.03. The van der Waals surface area contributed by atoms with Crippen molar-refractivity contribution in [2.24, 2.45) is 23.7 Å². The minimum atomic E-state index is -0.841. The number of hydrogen-bond acceptors (Lipinski definition) is 0. The quantitative estimate of drug-likeness (QED) is 0.175. The van der Waals surface area contributed by atoms with E-state index in [2.05, 4.69) is 19.2 Å². The first-order valence-corrected chi connectivity index (χ1v) is 16.0. The van der Waals surface area contributed by atoms with Gasteiger partial charge in [0.2, 0.25) is 0 Å². The second kappa shape index (κ2) is 16.0. The molecule has 2 aliphatic rings. The minimum absolute atomic E-state index is 0.210. The molecular formula is C39H47F3. The van der Waals surface area contributed by atoms with Crippen molar-refractivity contribution >= 4 is 5.57 Å². The molecule has 0 spiro atoms. The normalized spacial score (nSPS) is 23.7. The van der Waals surface area contributed by atoms with Gasteiger partial charge in [0.05, 0.1) is 0 Å². The Balaban J connectivity index is 1.36. The molecule has 42 heavy (non-hydrogen) atoms. The maximum absolute atomic E-state index is 15.5. The molecule has 0 aromatic heterocycles. The summed E-state index contributed by atoms with van der Waals surface area (Å²) in [4.78, 5) is 0. The fraction of sp³-hybridized carbons (Fsp3) is 0.436. The van der Waals surface area contributed by atoms with Gasteiger partial charge in [0, 0.05) is 11.1 Å². The predicted molar refractivity (Wildman–Crippen MR) is 173 cm³/mol. The highest BCUT2D eigenvalue weighted by atomic mass is 19.2. The Morgan fingerprint density at radius 1 is 0.833 bits per heavy atom. The van der Waals surface area contributed by atoms with Gasteiger partial charge >= 0.3 is 0 Å². The zero-order chi connectivity index (χ0) is 29.9. The molecule has 4 rings (SSSR count). The molecule has 224 valence electrons. The highest BCUT2D eigenvalue weighted by Crippen LogP contribution is 2.42. The maximum Gasteiger partial charge on any atom is 0.166 e. The topological polar surface area (TPSA) is 0 Å². The Labute approximate surface area is 251 Å². The molecule has 0 atom stereocenters. The SMILES string of the molecule is C=C/C=C(\C(F)=C/CC1CCC(C2CCC(C=C)CC2)CC1)c1ccc(-c2ccc(CC/C=C/CC)c(F)c2F)cc1. The number of benzene rings is 2. The number of rotatable bonds is 12. The number of hydrogen-bond donors (Lipinski definition) is 0. The zero-order valence-electron chi connectivity index (χ0n) is 25.3. The largest absolute Gasteiger partial charge is 0.207 e. The van der Waals surface area contributed by atoms with Crippen LogP contribution in [0.1, 0.15) is 88.7 Å². The first kappa shape index (κ1) is 31.9. The molecule has 0 bridgehead atoms. The monoisotopic (exact) mass is 572 g/mol. The predicted octanol–water partition coefficient (Wildman–Crippen LogP) is 12.1. The van der Waals surface area contributed by atoms with E-state index in [9.17, 15) is 8.78 Å². The first-order chi connectivity index (χ1) is 20.4. The van der Waals surface area contributed by atoms with Gasteiger partial charge in [0.15, 0.2) is 11.6 Å². The summed E-state index contributed by atoms with van der Waals surface area (Å²) in [6.45, 7) is 9.79. The molecule has 0 radical (unpaired) electrons. The van der Waals surface area contributed by atoms with Gasteiger partial charge in [-0.2, -0.15) is 0 Å². The van der Waals surface area contributed by atoms with Crippen LogP contribution in [0, 0.1) is 35.3 Å². The van der Waals surface area contributed by atoms with Gasteiger partial charge in [0.25, 0.3) is 0 Å². The van der Waals surface area contributed by atoms with Crippen molar-refractivity contribution in [3.8, 4) is 11.1 Å². The van der Waals surface area contributed by atoms with Crippen molar-refractivity contribution in [1.82, 2.24) is 0 Å². The highest BCUT2D eigenvalue weighted by molar-refractivity contribution is 5.79. The van der Waals surface area contributed by atoms with E-state index < -0.39 is 11.6 Å².